The molecular formula is C21H15F2NO2S. The van der Waals surface area contributed by atoms with E-state index in [0.717, 1.165) is 23.1 Å². The van der Waals surface area contributed by atoms with Crippen LogP contribution in [0, 0.1) is 11.6 Å². The Bertz CT molecular complexity index is 977. The molecule has 0 aliphatic carbocycles. The summed E-state index contributed by atoms with van der Waals surface area (Å²) >= 11 is 1.30. The van der Waals surface area contributed by atoms with Gasteiger partial charge in [-0.25, -0.2) is 8.78 Å². The molecule has 0 fully saturated rings. The molecule has 0 saturated carbocycles. The molecule has 1 N–H and O–H groups in total. The number of anilines is 1. The Labute approximate surface area is 159 Å². The van der Waals surface area contributed by atoms with Gasteiger partial charge in [0.2, 0.25) is 0 Å². The van der Waals surface area contributed by atoms with Crippen LogP contribution >= 0.6 is 11.8 Å². The fourth-order valence-corrected chi connectivity index (χ4v) is 3.22. The normalized spacial score (nSPS) is 10.4. The van der Waals surface area contributed by atoms with Crippen molar-refractivity contribution in [2.45, 2.75) is 4.90 Å². The van der Waals surface area contributed by atoms with E-state index in [1.54, 1.807) is 48.5 Å². The summed E-state index contributed by atoms with van der Waals surface area (Å²) in [6, 6.07) is 18.4. The first-order valence-corrected chi connectivity index (χ1v) is 9.09. The standard InChI is InChI=1S/C21H15F2NO2S/c22-16-9-10-18(23)19(12-16)24-21(26)15-7-4-8-17(11-15)27-13-20(25)14-5-2-1-3-6-14/h1-12H,13H2,(H,24,26). The molecule has 0 bridgehead atoms. The Balaban J connectivity index is 1.67. The molecule has 0 radical (unpaired) electrons. The van der Waals surface area contributed by atoms with Gasteiger partial charge < -0.3 is 5.32 Å². The van der Waals surface area contributed by atoms with Gasteiger partial charge in [0.25, 0.3) is 5.91 Å². The largest absolute Gasteiger partial charge is 0.319 e. The Morgan fingerprint density at radius 2 is 1.59 bits per heavy atom. The van der Waals surface area contributed by atoms with E-state index in [0.29, 0.717) is 5.56 Å². The van der Waals surface area contributed by atoms with Gasteiger partial charge in [-0.05, 0) is 30.3 Å². The minimum atomic E-state index is -0.719. The molecule has 0 saturated heterocycles. The molecule has 3 nitrogen and oxygen atoms in total. The maximum atomic E-state index is 13.7. The molecule has 27 heavy (non-hydrogen) atoms. The van der Waals surface area contributed by atoms with Crippen molar-refractivity contribution in [2.24, 2.45) is 0 Å². The summed E-state index contributed by atoms with van der Waals surface area (Å²) in [5.41, 5.74) is 0.689. The second-order valence-corrected chi connectivity index (χ2v) is 6.73. The maximum Gasteiger partial charge on any atom is 0.255 e. The number of ketones is 1. The molecule has 0 aromatic heterocycles. The molecule has 3 aromatic rings. The number of thioether (sulfide) groups is 1. The molecule has 0 atom stereocenters. The lowest BCUT2D eigenvalue weighted by Gasteiger charge is -2.08. The smallest absolute Gasteiger partial charge is 0.255 e. The van der Waals surface area contributed by atoms with Gasteiger partial charge in [-0.1, -0.05) is 36.4 Å². The van der Waals surface area contributed by atoms with Crippen LogP contribution in [-0.2, 0) is 0 Å². The molecular weight excluding hydrogens is 368 g/mol. The number of halogens is 2. The predicted octanol–water partition coefficient (Wildman–Crippen LogP) is 5.19. The van der Waals surface area contributed by atoms with Crippen molar-refractivity contribution in [3.63, 3.8) is 0 Å². The Morgan fingerprint density at radius 3 is 2.37 bits per heavy atom. The highest BCUT2D eigenvalue weighted by Crippen LogP contribution is 2.22. The fraction of sp³-hybridized carbons (Fsp3) is 0.0476. The minimum Gasteiger partial charge on any atom is -0.319 e. The van der Waals surface area contributed by atoms with Crippen molar-refractivity contribution >= 4 is 29.1 Å². The molecule has 0 aliphatic rings. The first-order valence-electron chi connectivity index (χ1n) is 8.10. The van der Waals surface area contributed by atoms with Crippen LogP contribution in [0.3, 0.4) is 0 Å². The summed E-state index contributed by atoms with van der Waals surface area (Å²) in [5.74, 6) is -1.71. The Hall–Kier alpha value is -2.99. The molecule has 136 valence electrons. The highest BCUT2D eigenvalue weighted by atomic mass is 32.2. The van der Waals surface area contributed by atoms with Gasteiger partial charge >= 0.3 is 0 Å². The van der Waals surface area contributed by atoms with Gasteiger partial charge in [-0.3, -0.25) is 9.59 Å². The lowest BCUT2D eigenvalue weighted by molar-refractivity contribution is 0.101. The van der Waals surface area contributed by atoms with Crippen molar-refractivity contribution in [2.75, 3.05) is 11.1 Å². The third-order valence-corrected chi connectivity index (χ3v) is 4.73. The lowest BCUT2D eigenvalue weighted by Crippen LogP contribution is -2.13. The number of nitrogens with one attached hydrogen (secondary N) is 1. The second kappa shape index (κ2) is 8.60. The Morgan fingerprint density at radius 1 is 0.852 bits per heavy atom. The Kier molecular flexibility index (Phi) is 5.98. The van der Waals surface area contributed by atoms with Crippen LogP contribution < -0.4 is 5.32 Å². The number of rotatable bonds is 6. The third kappa shape index (κ3) is 5.01. The molecule has 0 aliphatic heterocycles. The van der Waals surface area contributed by atoms with Crippen LogP contribution in [0.25, 0.3) is 0 Å². The minimum absolute atomic E-state index is 0.0164. The number of carbonyl (C=O) groups excluding carboxylic acids is 2. The number of carbonyl (C=O) groups is 2. The predicted molar refractivity (Wildman–Crippen MR) is 102 cm³/mol. The van der Waals surface area contributed by atoms with Crippen molar-refractivity contribution in [1.29, 1.82) is 0 Å². The van der Waals surface area contributed by atoms with Gasteiger partial charge in [-0.15, -0.1) is 11.8 Å². The second-order valence-electron chi connectivity index (χ2n) is 5.68. The van der Waals surface area contributed by atoms with Crippen molar-refractivity contribution in [1.82, 2.24) is 0 Å². The van der Waals surface area contributed by atoms with E-state index in [2.05, 4.69) is 5.32 Å². The van der Waals surface area contributed by atoms with E-state index in [9.17, 15) is 18.4 Å². The SMILES string of the molecule is O=C(CSc1cccc(C(=O)Nc2cc(F)ccc2F)c1)c1ccccc1. The number of Topliss-reactive ketones (excluding diaryl/α,β-unsaturated/α-hetero) is 1. The molecule has 0 heterocycles. The van der Waals surface area contributed by atoms with Crippen LogP contribution in [-0.4, -0.2) is 17.4 Å². The summed E-state index contributed by atoms with van der Waals surface area (Å²) in [4.78, 5) is 25.2. The van der Waals surface area contributed by atoms with Gasteiger partial charge in [0.05, 0.1) is 11.4 Å². The van der Waals surface area contributed by atoms with Gasteiger partial charge in [0, 0.05) is 22.1 Å². The summed E-state index contributed by atoms with van der Waals surface area (Å²) in [7, 11) is 0. The lowest BCUT2D eigenvalue weighted by atomic mass is 10.2. The molecule has 3 aromatic carbocycles. The zero-order valence-corrected chi connectivity index (χ0v) is 14.9. The molecule has 0 spiro atoms. The molecule has 1 amide bonds. The summed E-state index contributed by atoms with van der Waals surface area (Å²) in [6.45, 7) is 0. The highest BCUT2D eigenvalue weighted by molar-refractivity contribution is 8.00. The van der Waals surface area contributed by atoms with Crippen LogP contribution in [0.5, 0.6) is 0 Å². The summed E-state index contributed by atoms with van der Waals surface area (Å²) in [6.07, 6.45) is 0. The third-order valence-electron chi connectivity index (χ3n) is 3.74. The topological polar surface area (TPSA) is 46.2 Å². The molecule has 0 unspecified atom stereocenters. The number of benzene rings is 3. The van der Waals surface area contributed by atoms with Crippen LogP contribution in [0.2, 0.25) is 0 Å². The zero-order chi connectivity index (χ0) is 19.2. The van der Waals surface area contributed by atoms with Gasteiger partial charge in [0.1, 0.15) is 11.6 Å². The fourth-order valence-electron chi connectivity index (χ4n) is 2.37. The highest BCUT2D eigenvalue weighted by Gasteiger charge is 2.12. The van der Waals surface area contributed by atoms with E-state index in [-0.39, 0.29) is 22.8 Å². The van der Waals surface area contributed by atoms with E-state index in [1.165, 1.54) is 11.8 Å². The van der Waals surface area contributed by atoms with E-state index >= 15 is 0 Å². The zero-order valence-electron chi connectivity index (χ0n) is 14.1. The van der Waals surface area contributed by atoms with Crippen molar-refractivity contribution in [3.05, 3.63) is 95.6 Å². The number of amides is 1. The average Bonchev–Trinajstić information content (AvgIpc) is 2.69. The van der Waals surface area contributed by atoms with Gasteiger partial charge in [0.15, 0.2) is 5.78 Å². The first-order chi connectivity index (χ1) is 13.0. The van der Waals surface area contributed by atoms with E-state index in [4.69, 9.17) is 0 Å². The van der Waals surface area contributed by atoms with Gasteiger partial charge in [-0.2, -0.15) is 0 Å². The summed E-state index contributed by atoms with van der Waals surface area (Å²) in [5, 5.41) is 2.36. The van der Waals surface area contributed by atoms with Crippen molar-refractivity contribution < 1.29 is 18.4 Å². The number of hydrogen-bond acceptors (Lipinski definition) is 3. The quantitative estimate of drug-likeness (QED) is 0.471. The number of hydrogen-bond donors (Lipinski definition) is 1. The average molecular weight is 383 g/mol. The van der Waals surface area contributed by atoms with Crippen LogP contribution in [0.1, 0.15) is 20.7 Å². The summed E-state index contributed by atoms with van der Waals surface area (Å²) < 4.78 is 26.9. The van der Waals surface area contributed by atoms with Crippen molar-refractivity contribution in [3.8, 4) is 0 Å². The molecule has 6 heteroatoms. The van der Waals surface area contributed by atoms with E-state index in [1.807, 2.05) is 6.07 Å². The van der Waals surface area contributed by atoms with Crippen LogP contribution in [0.15, 0.2) is 77.7 Å². The van der Waals surface area contributed by atoms with Crippen LogP contribution in [0.4, 0.5) is 14.5 Å². The first kappa shape index (κ1) is 18.8. The maximum absolute atomic E-state index is 13.7. The monoisotopic (exact) mass is 383 g/mol. The van der Waals surface area contributed by atoms with E-state index < -0.39 is 17.5 Å². The molecule has 3 rings (SSSR count).